The standard InChI is InChI=1S/C17H12N2O6/c18-14-9(4-2-5-11(14)20)17(24)25-13-7-10(16(22)23)19-15-8(13)3-1-6-12(15)21/h1-7,20-21H,18H2,(H,22,23). The van der Waals surface area contributed by atoms with Crippen molar-refractivity contribution in [3.63, 3.8) is 0 Å². The van der Waals surface area contributed by atoms with Crippen LogP contribution in [0, 0.1) is 0 Å². The Morgan fingerprint density at radius 3 is 2.44 bits per heavy atom. The third kappa shape index (κ3) is 2.88. The molecule has 0 unspecified atom stereocenters. The van der Waals surface area contributed by atoms with Crippen LogP contribution < -0.4 is 10.5 Å². The van der Waals surface area contributed by atoms with Gasteiger partial charge in [0.2, 0.25) is 0 Å². The maximum Gasteiger partial charge on any atom is 0.354 e. The molecule has 3 aromatic rings. The molecule has 8 heteroatoms. The van der Waals surface area contributed by atoms with Crippen LogP contribution >= 0.6 is 0 Å². The van der Waals surface area contributed by atoms with E-state index in [2.05, 4.69) is 4.98 Å². The zero-order valence-electron chi connectivity index (χ0n) is 12.6. The van der Waals surface area contributed by atoms with Gasteiger partial charge in [-0.1, -0.05) is 12.1 Å². The predicted molar refractivity (Wildman–Crippen MR) is 87.8 cm³/mol. The van der Waals surface area contributed by atoms with E-state index in [0.29, 0.717) is 0 Å². The van der Waals surface area contributed by atoms with Gasteiger partial charge in [0, 0.05) is 11.5 Å². The predicted octanol–water partition coefficient (Wildman–Crippen LogP) is 2.15. The molecule has 2 aromatic carbocycles. The fourth-order valence-electron chi connectivity index (χ4n) is 2.28. The number of carboxylic acids is 1. The third-order valence-electron chi connectivity index (χ3n) is 3.51. The van der Waals surface area contributed by atoms with Crippen molar-refractivity contribution in [3.8, 4) is 17.2 Å². The zero-order valence-corrected chi connectivity index (χ0v) is 12.6. The molecule has 0 fully saturated rings. The van der Waals surface area contributed by atoms with Gasteiger partial charge < -0.3 is 25.8 Å². The van der Waals surface area contributed by atoms with Crippen molar-refractivity contribution in [2.24, 2.45) is 0 Å². The first-order valence-electron chi connectivity index (χ1n) is 7.04. The number of hydrogen-bond acceptors (Lipinski definition) is 7. The van der Waals surface area contributed by atoms with Gasteiger partial charge >= 0.3 is 11.9 Å². The van der Waals surface area contributed by atoms with E-state index in [1.54, 1.807) is 0 Å². The molecular formula is C17H12N2O6. The molecule has 0 spiro atoms. The summed E-state index contributed by atoms with van der Waals surface area (Å²) in [6.07, 6.45) is 0. The SMILES string of the molecule is Nc1c(O)cccc1C(=O)Oc1cc(C(=O)O)nc2c(O)cccc12. The molecule has 0 aliphatic rings. The smallest absolute Gasteiger partial charge is 0.354 e. The van der Waals surface area contributed by atoms with Crippen LogP contribution in [0.1, 0.15) is 20.8 Å². The Morgan fingerprint density at radius 1 is 1.04 bits per heavy atom. The summed E-state index contributed by atoms with van der Waals surface area (Å²) in [7, 11) is 0. The summed E-state index contributed by atoms with van der Waals surface area (Å²) in [4.78, 5) is 27.4. The van der Waals surface area contributed by atoms with Gasteiger partial charge in [0.15, 0.2) is 5.69 Å². The Labute approximate surface area is 140 Å². The van der Waals surface area contributed by atoms with Gasteiger partial charge in [-0.15, -0.1) is 0 Å². The van der Waals surface area contributed by atoms with Gasteiger partial charge in [0.25, 0.3) is 0 Å². The molecule has 3 rings (SSSR count). The van der Waals surface area contributed by atoms with Gasteiger partial charge in [-0.3, -0.25) is 0 Å². The van der Waals surface area contributed by atoms with Crippen molar-refractivity contribution in [2.75, 3.05) is 5.73 Å². The molecule has 0 amide bonds. The van der Waals surface area contributed by atoms with Gasteiger partial charge in [0.1, 0.15) is 22.8 Å². The lowest BCUT2D eigenvalue weighted by atomic mass is 10.1. The van der Waals surface area contributed by atoms with Crippen LogP contribution in [0.5, 0.6) is 17.2 Å². The first-order valence-corrected chi connectivity index (χ1v) is 7.04. The molecule has 0 aliphatic heterocycles. The summed E-state index contributed by atoms with van der Waals surface area (Å²) in [6.45, 7) is 0. The summed E-state index contributed by atoms with van der Waals surface area (Å²) >= 11 is 0. The van der Waals surface area contributed by atoms with Crippen molar-refractivity contribution in [1.82, 2.24) is 4.98 Å². The van der Waals surface area contributed by atoms with Crippen LogP contribution in [-0.4, -0.2) is 32.2 Å². The number of nitrogens with zero attached hydrogens (tertiary/aromatic N) is 1. The molecule has 8 nitrogen and oxygen atoms in total. The number of fused-ring (bicyclic) bond motifs is 1. The molecule has 1 aromatic heterocycles. The highest BCUT2D eigenvalue weighted by atomic mass is 16.5. The second-order valence-electron chi connectivity index (χ2n) is 5.11. The first kappa shape index (κ1) is 16.1. The van der Waals surface area contributed by atoms with E-state index in [0.717, 1.165) is 6.07 Å². The topological polar surface area (TPSA) is 143 Å². The van der Waals surface area contributed by atoms with E-state index in [1.165, 1.54) is 36.4 Å². The quantitative estimate of drug-likeness (QED) is 0.322. The number of aromatic nitrogens is 1. The molecule has 0 aliphatic carbocycles. The number of para-hydroxylation sites is 2. The normalized spacial score (nSPS) is 10.6. The Bertz CT molecular complexity index is 1020. The number of nitrogen functional groups attached to an aromatic ring is 1. The largest absolute Gasteiger partial charge is 0.506 e. The number of hydrogen-bond donors (Lipinski definition) is 4. The Kier molecular flexibility index (Phi) is 3.86. The average molecular weight is 340 g/mol. The first-order chi connectivity index (χ1) is 11.9. The molecule has 1 heterocycles. The van der Waals surface area contributed by atoms with Crippen LogP contribution in [0.2, 0.25) is 0 Å². The third-order valence-corrected chi connectivity index (χ3v) is 3.51. The molecule has 0 radical (unpaired) electrons. The van der Waals surface area contributed by atoms with E-state index >= 15 is 0 Å². The maximum atomic E-state index is 12.4. The molecule has 25 heavy (non-hydrogen) atoms. The van der Waals surface area contributed by atoms with Crippen molar-refractivity contribution in [3.05, 3.63) is 53.7 Å². The average Bonchev–Trinajstić information content (AvgIpc) is 2.57. The van der Waals surface area contributed by atoms with Crippen LogP contribution in [0.15, 0.2) is 42.5 Å². The Balaban J connectivity index is 2.12. The maximum absolute atomic E-state index is 12.4. The second kappa shape index (κ2) is 6.00. The monoisotopic (exact) mass is 340 g/mol. The van der Waals surface area contributed by atoms with Crippen LogP contribution in [0.3, 0.4) is 0 Å². The summed E-state index contributed by atoms with van der Waals surface area (Å²) in [5.74, 6) is -2.88. The number of benzene rings is 2. The fourth-order valence-corrected chi connectivity index (χ4v) is 2.28. The number of aromatic carboxylic acids is 1. The lowest BCUT2D eigenvalue weighted by molar-refractivity contribution is 0.0683. The number of nitrogens with two attached hydrogens (primary N) is 1. The lowest BCUT2D eigenvalue weighted by Gasteiger charge is -2.11. The van der Waals surface area contributed by atoms with E-state index in [9.17, 15) is 19.8 Å². The molecule has 126 valence electrons. The van der Waals surface area contributed by atoms with Gasteiger partial charge in [-0.2, -0.15) is 0 Å². The number of phenols is 2. The molecule has 5 N–H and O–H groups in total. The number of rotatable bonds is 3. The van der Waals surface area contributed by atoms with E-state index in [-0.39, 0.29) is 39.4 Å². The second-order valence-corrected chi connectivity index (χ2v) is 5.11. The number of pyridine rings is 1. The van der Waals surface area contributed by atoms with Gasteiger partial charge in [-0.25, -0.2) is 14.6 Å². The minimum absolute atomic E-state index is 0.0194. The molecule has 0 saturated heterocycles. The van der Waals surface area contributed by atoms with E-state index < -0.39 is 17.6 Å². The summed E-state index contributed by atoms with van der Waals surface area (Å²) in [5, 5.41) is 28.9. The Morgan fingerprint density at radius 2 is 1.72 bits per heavy atom. The molecular weight excluding hydrogens is 328 g/mol. The molecule has 0 bridgehead atoms. The summed E-state index contributed by atoms with van der Waals surface area (Å²) < 4.78 is 5.25. The summed E-state index contributed by atoms with van der Waals surface area (Å²) in [6, 6.07) is 9.51. The van der Waals surface area contributed by atoms with Gasteiger partial charge in [0.05, 0.1) is 11.3 Å². The number of anilines is 1. The number of carbonyl (C=O) groups is 2. The van der Waals surface area contributed by atoms with Crippen LogP contribution in [0.4, 0.5) is 5.69 Å². The number of carboxylic acid groups (broad SMARTS) is 1. The number of aromatic hydroxyl groups is 2. The number of carbonyl (C=O) groups excluding carboxylic acids is 1. The Hall–Kier alpha value is -3.81. The summed E-state index contributed by atoms with van der Waals surface area (Å²) in [5.41, 5.74) is 4.99. The van der Waals surface area contributed by atoms with Crippen LogP contribution in [0.25, 0.3) is 10.9 Å². The highest BCUT2D eigenvalue weighted by molar-refractivity contribution is 6.01. The van der Waals surface area contributed by atoms with Crippen molar-refractivity contribution in [2.45, 2.75) is 0 Å². The highest BCUT2D eigenvalue weighted by Crippen LogP contribution is 2.32. The molecule has 0 atom stereocenters. The molecule has 0 saturated carbocycles. The number of esters is 1. The fraction of sp³-hybridized carbons (Fsp3) is 0. The van der Waals surface area contributed by atoms with Crippen molar-refractivity contribution < 1.29 is 29.6 Å². The van der Waals surface area contributed by atoms with Crippen LogP contribution in [-0.2, 0) is 0 Å². The minimum atomic E-state index is -1.35. The minimum Gasteiger partial charge on any atom is -0.506 e. The number of ether oxygens (including phenoxy) is 1. The van der Waals surface area contributed by atoms with Gasteiger partial charge in [-0.05, 0) is 24.3 Å². The number of phenolic OH excluding ortho intramolecular Hbond substituents is 2. The van der Waals surface area contributed by atoms with E-state index in [4.69, 9.17) is 15.6 Å². The van der Waals surface area contributed by atoms with E-state index in [1.807, 2.05) is 0 Å². The van der Waals surface area contributed by atoms with Crippen molar-refractivity contribution >= 4 is 28.5 Å². The zero-order chi connectivity index (χ0) is 18.1. The van der Waals surface area contributed by atoms with Crippen molar-refractivity contribution in [1.29, 1.82) is 0 Å². The highest BCUT2D eigenvalue weighted by Gasteiger charge is 2.19. The lowest BCUT2D eigenvalue weighted by Crippen LogP contribution is -2.12.